The summed E-state index contributed by atoms with van der Waals surface area (Å²) in [5.74, 6) is 0.0757. The number of rotatable bonds is 3. The van der Waals surface area contributed by atoms with Crippen molar-refractivity contribution in [1.82, 2.24) is 0 Å². The average molecular weight is 315 g/mol. The van der Waals surface area contributed by atoms with Crippen LogP contribution in [0.15, 0.2) is 25.1 Å². The summed E-state index contributed by atoms with van der Waals surface area (Å²) in [5, 5.41) is 10.3. The van der Waals surface area contributed by atoms with Gasteiger partial charge in [-0.05, 0) is 29.3 Å². The highest BCUT2D eigenvalue weighted by molar-refractivity contribution is 14.1. The molecule has 0 amide bonds. The lowest BCUT2D eigenvalue weighted by Crippen LogP contribution is -2.01. The molecule has 72 valence electrons. The van der Waals surface area contributed by atoms with Gasteiger partial charge in [0.1, 0.15) is 10.9 Å². The fraction of sp³-hybridized carbons (Fsp3) is 0.167. The second kappa shape index (κ2) is 5.18. The molecule has 0 unspecified atom stereocenters. The zero-order chi connectivity index (χ0) is 10.6. The Morgan fingerprint density at radius 1 is 1.77 bits per heavy atom. The monoisotopic (exact) mass is 315 g/mol. The van der Waals surface area contributed by atoms with Gasteiger partial charge in [-0.25, -0.2) is 4.99 Å². The van der Waals surface area contributed by atoms with Crippen LogP contribution in [0, 0.1) is 10.1 Å². The lowest BCUT2D eigenvalue weighted by atomic mass is 10.4. The molecule has 0 aliphatic carbocycles. The van der Waals surface area contributed by atoms with Crippen LogP contribution in [-0.4, -0.2) is 11.6 Å². The predicted octanol–water partition coefficient (Wildman–Crippen LogP) is 2.00. The Kier molecular flexibility index (Phi) is 4.92. The molecule has 0 heterocycles. The molecule has 0 atom stereocenters. The topological polar surface area (TPSA) is 81.5 Å². The van der Waals surface area contributed by atoms with Crippen molar-refractivity contribution >= 4 is 40.9 Å². The van der Waals surface area contributed by atoms with Gasteiger partial charge >= 0.3 is 0 Å². The van der Waals surface area contributed by atoms with Crippen LogP contribution in [0.2, 0.25) is 0 Å². The van der Waals surface area contributed by atoms with Crippen molar-refractivity contribution in [1.29, 1.82) is 0 Å². The first-order chi connectivity index (χ1) is 5.91. The number of hydrogen-bond donors (Lipinski definition) is 1. The highest BCUT2D eigenvalue weighted by atomic mass is 127. The van der Waals surface area contributed by atoms with Crippen LogP contribution in [0.1, 0.15) is 6.92 Å². The molecule has 2 N–H and O–H groups in total. The number of allylic oxidation sites excluding steroid dienone is 3. The number of hydrogen-bond acceptors (Lipinski definition) is 4. The Morgan fingerprint density at radius 2 is 2.23 bits per heavy atom. The smallest absolute Gasteiger partial charge is 0.262 e. The van der Waals surface area contributed by atoms with Gasteiger partial charge in [0.2, 0.25) is 0 Å². The Hall–Kier alpha value is -0.630. The van der Waals surface area contributed by atoms with Gasteiger partial charge in [-0.3, -0.25) is 10.1 Å². The Bertz CT molecular complexity index is 311. The lowest BCUT2D eigenvalue weighted by Gasteiger charge is -1.99. The minimum absolute atomic E-state index is 0.0181. The number of halogens is 2. The Balaban J connectivity index is 5.22. The molecule has 0 saturated heterocycles. The first-order valence-corrected chi connectivity index (χ1v) is 4.50. The predicted molar refractivity (Wildman–Crippen MR) is 60.3 cm³/mol. The molecular weight excluding hydrogens is 308 g/mol. The van der Waals surface area contributed by atoms with Crippen LogP contribution in [0.4, 0.5) is 0 Å². The summed E-state index contributed by atoms with van der Waals surface area (Å²) in [6.07, 6.45) is 0. The van der Waals surface area contributed by atoms with Gasteiger partial charge in [-0.15, -0.1) is 0 Å². The first kappa shape index (κ1) is 12.4. The second-order valence-electron chi connectivity index (χ2n) is 2.01. The largest absolute Gasteiger partial charge is 0.383 e. The molecule has 0 aromatic heterocycles. The van der Waals surface area contributed by atoms with Gasteiger partial charge in [0, 0.05) is 6.92 Å². The number of nitrogens with zero attached hydrogens (tertiary/aromatic N) is 2. The minimum Gasteiger partial charge on any atom is -0.383 e. The molecule has 13 heavy (non-hydrogen) atoms. The quantitative estimate of drug-likeness (QED) is 0.284. The molecule has 0 bridgehead atoms. The molecule has 0 spiro atoms. The van der Waals surface area contributed by atoms with Crippen molar-refractivity contribution in [2.24, 2.45) is 10.7 Å². The summed E-state index contributed by atoms with van der Waals surface area (Å²) >= 11 is 7.42. The van der Waals surface area contributed by atoms with Gasteiger partial charge < -0.3 is 5.73 Å². The van der Waals surface area contributed by atoms with E-state index in [2.05, 4.69) is 11.7 Å². The zero-order valence-corrected chi connectivity index (χ0v) is 9.66. The molecule has 0 aromatic rings. The summed E-state index contributed by atoms with van der Waals surface area (Å²) in [7, 11) is 0. The molecule has 0 aliphatic rings. The van der Waals surface area contributed by atoms with E-state index in [9.17, 15) is 10.1 Å². The lowest BCUT2D eigenvalue weighted by molar-refractivity contribution is -0.424. The molecule has 0 aromatic carbocycles. The van der Waals surface area contributed by atoms with Gasteiger partial charge in [0.25, 0.3) is 5.70 Å². The summed E-state index contributed by atoms with van der Waals surface area (Å²) in [4.78, 5) is 13.1. The number of aliphatic imine (C=N–C) groups is 1. The maximum atomic E-state index is 10.3. The molecule has 0 saturated carbocycles. The van der Waals surface area contributed by atoms with E-state index >= 15 is 0 Å². The van der Waals surface area contributed by atoms with Crippen LogP contribution in [0.25, 0.3) is 0 Å². The SMILES string of the molecule is C=N/C(N)=C(I)\C(Cl)=C(/C)[N+](=O)[O-]. The molecule has 7 heteroatoms. The number of nitrogens with two attached hydrogens (primary N) is 1. The maximum absolute atomic E-state index is 10.3. The number of nitro groups is 1. The first-order valence-electron chi connectivity index (χ1n) is 3.05. The van der Waals surface area contributed by atoms with Crippen LogP contribution in [-0.2, 0) is 0 Å². The highest BCUT2D eigenvalue weighted by Gasteiger charge is 2.15. The third-order valence-corrected chi connectivity index (χ3v) is 3.05. The summed E-state index contributed by atoms with van der Waals surface area (Å²) in [6, 6.07) is 0. The van der Waals surface area contributed by atoms with Gasteiger partial charge in [0.05, 0.1) is 8.50 Å². The van der Waals surface area contributed by atoms with E-state index < -0.39 is 4.92 Å². The molecule has 0 rings (SSSR count). The fourth-order valence-corrected chi connectivity index (χ4v) is 1.15. The van der Waals surface area contributed by atoms with Crippen molar-refractivity contribution in [2.75, 3.05) is 0 Å². The molecular formula is C6H7ClIN3O2. The molecule has 0 fully saturated rings. The standard InChI is InChI=1S/C6H7ClIN3O2/c1-3(11(12)13)4(7)5(8)6(9)10-2/h2,9H2,1H3/b4-3-,6-5+. The van der Waals surface area contributed by atoms with Crippen molar-refractivity contribution in [3.63, 3.8) is 0 Å². The van der Waals surface area contributed by atoms with E-state index in [0.717, 1.165) is 0 Å². The van der Waals surface area contributed by atoms with Crippen molar-refractivity contribution in [3.05, 3.63) is 30.2 Å². The van der Waals surface area contributed by atoms with Crippen LogP contribution >= 0.6 is 34.2 Å². The zero-order valence-electron chi connectivity index (χ0n) is 6.75. The second-order valence-corrected chi connectivity index (χ2v) is 3.47. The summed E-state index contributed by atoms with van der Waals surface area (Å²) < 4.78 is 0.323. The third kappa shape index (κ3) is 3.31. The fourth-order valence-electron chi connectivity index (χ4n) is 0.421. The van der Waals surface area contributed by atoms with Crippen molar-refractivity contribution in [2.45, 2.75) is 6.92 Å². The van der Waals surface area contributed by atoms with Crippen molar-refractivity contribution < 1.29 is 4.92 Å². The van der Waals surface area contributed by atoms with E-state index in [1.165, 1.54) is 6.92 Å². The van der Waals surface area contributed by atoms with Gasteiger partial charge in [-0.2, -0.15) is 0 Å². The maximum Gasteiger partial charge on any atom is 0.262 e. The molecule has 0 aliphatic heterocycles. The normalized spacial score (nSPS) is 14.4. The van der Waals surface area contributed by atoms with Crippen LogP contribution < -0.4 is 5.73 Å². The van der Waals surface area contributed by atoms with E-state index in [4.69, 9.17) is 17.3 Å². The summed E-state index contributed by atoms with van der Waals surface area (Å²) in [6.45, 7) is 4.47. The van der Waals surface area contributed by atoms with E-state index in [1.807, 2.05) is 0 Å². The Labute approximate surface area is 93.6 Å². The average Bonchev–Trinajstić information content (AvgIpc) is 2.12. The Morgan fingerprint density at radius 3 is 2.54 bits per heavy atom. The van der Waals surface area contributed by atoms with E-state index in [1.54, 1.807) is 22.6 Å². The van der Waals surface area contributed by atoms with E-state index in [0.29, 0.717) is 3.58 Å². The van der Waals surface area contributed by atoms with Crippen LogP contribution in [0.5, 0.6) is 0 Å². The van der Waals surface area contributed by atoms with Crippen molar-refractivity contribution in [3.8, 4) is 0 Å². The molecule has 0 radical (unpaired) electrons. The summed E-state index contributed by atoms with van der Waals surface area (Å²) in [5.41, 5.74) is 5.19. The van der Waals surface area contributed by atoms with E-state index in [-0.39, 0.29) is 16.6 Å². The third-order valence-electron chi connectivity index (χ3n) is 1.18. The molecule has 5 nitrogen and oxygen atoms in total. The van der Waals surface area contributed by atoms with Gasteiger partial charge in [0.15, 0.2) is 0 Å². The van der Waals surface area contributed by atoms with Crippen LogP contribution in [0.3, 0.4) is 0 Å². The highest BCUT2D eigenvalue weighted by Crippen LogP contribution is 2.27. The minimum atomic E-state index is -0.586. The van der Waals surface area contributed by atoms with Gasteiger partial charge in [-0.1, -0.05) is 11.6 Å².